The maximum absolute atomic E-state index is 12.1. The molecule has 1 aliphatic heterocycles. The Morgan fingerprint density at radius 1 is 1.24 bits per heavy atom. The van der Waals surface area contributed by atoms with Crippen molar-refractivity contribution in [3.8, 4) is 0 Å². The molecule has 0 aliphatic carbocycles. The van der Waals surface area contributed by atoms with E-state index in [1.54, 1.807) is 23.6 Å². The van der Waals surface area contributed by atoms with Crippen LogP contribution in [-0.2, 0) is 14.8 Å². The fourth-order valence-corrected chi connectivity index (χ4v) is 4.08. The molecule has 3 rings (SSSR count). The molecular formula is C13H15N3O3S2. The SMILES string of the molecule is O=S(=O)(Nc1ccc(N2CCOCC2)nc1)c1cccs1. The number of sulfonamides is 1. The summed E-state index contributed by atoms with van der Waals surface area (Å²) in [6, 6.07) is 6.82. The first-order chi connectivity index (χ1) is 10.1. The Hall–Kier alpha value is -1.64. The topological polar surface area (TPSA) is 71.5 Å². The lowest BCUT2D eigenvalue weighted by molar-refractivity contribution is 0.122. The van der Waals surface area contributed by atoms with Crippen molar-refractivity contribution >= 4 is 32.9 Å². The maximum Gasteiger partial charge on any atom is 0.271 e. The predicted molar refractivity (Wildman–Crippen MR) is 82.4 cm³/mol. The highest BCUT2D eigenvalue weighted by Gasteiger charge is 2.16. The van der Waals surface area contributed by atoms with Gasteiger partial charge in [-0.25, -0.2) is 13.4 Å². The Balaban J connectivity index is 1.72. The molecule has 112 valence electrons. The van der Waals surface area contributed by atoms with Gasteiger partial charge in [0, 0.05) is 13.1 Å². The van der Waals surface area contributed by atoms with E-state index in [-0.39, 0.29) is 0 Å². The molecule has 0 saturated carbocycles. The molecule has 6 nitrogen and oxygen atoms in total. The number of aromatic nitrogens is 1. The molecule has 0 amide bonds. The van der Waals surface area contributed by atoms with Crippen molar-refractivity contribution in [3.05, 3.63) is 35.8 Å². The number of pyridine rings is 1. The number of hydrogen-bond donors (Lipinski definition) is 1. The van der Waals surface area contributed by atoms with E-state index in [1.165, 1.54) is 17.5 Å². The Labute approximate surface area is 127 Å². The first kappa shape index (κ1) is 14.3. The summed E-state index contributed by atoms with van der Waals surface area (Å²) in [4.78, 5) is 6.43. The smallest absolute Gasteiger partial charge is 0.271 e. The second kappa shape index (κ2) is 6.00. The number of anilines is 2. The molecule has 1 N–H and O–H groups in total. The number of rotatable bonds is 4. The molecule has 1 aliphatic rings. The number of hydrogen-bond acceptors (Lipinski definition) is 6. The summed E-state index contributed by atoms with van der Waals surface area (Å²) >= 11 is 1.18. The molecule has 0 unspecified atom stereocenters. The summed E-state index contributed by atoms with van der Waals surface area (Å²) in [6.07, 6.45) is 1.54. The van der Waals surface area contributed by atoms with E-state index < -0.39 is 10.0 Å². The van der Waals surface area contributed by atoms with Gasteiger partial charge in [0.2, 0.25) is 0 Å². The van der Waals surface area contributed by atoms with Crippen molar-refractivity contribution < 1.29 is 13.2 Å². The van der Waals surface area contributed by atoms with Gasteiger partial charge in [-0.2, -0.15) is 0 Å². The summed E-state index contributed by atoms with van der Waals surface area (Å²) in [5.41, 5.74) is 0.459. The molecule has 0 bridgehead atoms. The highest BCUT2D eigenvalue weighted by Crippen LogP contribution is 2.21. The third kappa shape index (κ3) is 3.34. The minimum atomic E-state index is -3.51. The Bertz CT molecular complexity index is 678. The van der Waals surface area contributed by atoms with Gasteiger partial charge in [0.25, 0.3) is 10.0 Å². The number of thiophene rings is 1. The molecule has 0 spiro atoms. The molecular weight excluding hydrogens is 310 g/mol. The van der Waals surface area contributed by atoms with Crippen LogP contribution in [0.15, 0.2) is 40.1 Å². The van der Waals surface area contributed by atoms with Gasteiger partial charge in [-0.15, -0.1) is 11.3 Å². The van der Waals surface area contributed by atoms with Crippen molar-refractivity contribution in [2.24, 2.45) is 0 Å². The lowest BCUT2D eigenvalue weighted by Crippen LogP contribution is -2.36. The van der Waals surface area contributed by atoms with Gasteiger partial charge >= 0.3 is 0 Å². The zero-order chi connectivity index (χ0) is 14.7. The van der Waals surface area contributed by atoms with Crippen molar-refractivity contribution in [3.63, 3.8) is 0 Å². The monoisotopic (exact) mass is 325 g/mol. The van der Waals surface area contributed by atoms with Crippen LogP contribution < -0.4 is 9.62 Å². The van der Waals surface area contributed by atoms with Crippen LogP contribution in [0, 0.1) is 0 Å². The summed E-state index contributed by atoms with van der Waals surface area (Å²) < 4.78 is 32.3. The minimum Gasteiger partial charge on any atom is -0.378 e. The van der Waals surface area contributed by atoms with Gasteiger partial charge in [0.15, 0.2) is 0 Å². The van der Waals surface area contributed by atoms with Gasteiger partial charge in [-0.1, -0.05) is 6.07 Å². The Kier molecular flexibility index (Phi) is 4.09. The van der Waals surface area contributed by atoms with Crippen LogP contribution >= 0.6 is 11.3 Å². The summed E-state index contributed by atoms with van der Waals surface area (Å²) in [7, 11) is -3.51. The summed E-state index contributed by atoms with van der Waals surface area (Å²) in [6.45, 7) is 2.98. The van der Waals surface area contributed by atoms with Crippen molar-refractivity contribution in [1.82, 2.24) is 4.98 Å². The Morgan fingerprint density at radius 3 is 2.67 bits per heavy atom. The first-order valence-electron chi connectivity index (χ1n) is 6.50. The zero-order valence-electron chi connectivity index (χ0n) is 11.2. The van der Waals surface area contributed by atoms with Crippen LogP contribution in [0.1, 0.15) is 0 Å². The molecule has 0 aromatic carbocycles. The molecule has 2 aromatic rings. The lowest BCUT2D eigenvalue weighted by atomic mass is 10.3. The van der Waals surface area contributed by atoms with Crippen molar-refractivity contribution in [2.45, 2.75) is 4.21 Å². The van der Waals surface area contributed by atoms with Crippen molar-refractivity contribution in [2.75, 3.05) is 35.9 Å². The average molecular weight is 325 g/mol. The number of morpholine rings is 1. The van der Waals surface area contributed by atoms with E-state index in [2.05, 4.69) is 14.6 Å². The van der Waals surface area contributed by atoms with Crippen LogP contribution in [0.25, 0.3) is 0 Å². The quantitative estimate of drug-likeness (QED) is 0.928. The van der Waals surface area contributed by atoms with E-state index >= 15 is 0 Å². The van der Waals surface area contributed by atoms with Crippen molar-refractivity contribution in [1.29, 1.82) is 0 Å². The molecule has 1 fully saturated rings. The molecule has 1 saturated heterocycles. The van der Waals surface area contributed by atoms with Crippen LogP contribution in [0.3, 0.4) is 0 Å². The van der Waals surface area contributed by atoms with Gasteiger partial charge in [0.1, 0.15) is 10.0 Å². The second-order valence-electron chi connectivity index (χ2n) is 4.54. The van der Waals surface area contributed by atoms with E-state index in [4.69, 9.17) is 4.74 Å². The zero-order valence-corrected chi connectivity index (χ0v) is 12.9. The fourth-order valence-electron chi connectivity index (χ4n) is 2.05. The molecule has 0 radical (unpaired) electrons. The summed E-state index contributed by atoms with van der Waals surface area (Å²) in [5.74, 6) is 0.831. The van der Waals surface area contributed by atoms with Crippen LogP contribution in [-0.4, -0.2) is 39.7 Å². The van der Waals surface area contributed by atoms with Crippen LogP contribution in [0.5, 0.6) is 0 Å². The fraction of sp³-hybridized carbons (Fsp3) is 0.308. The normalized spacial score (nSPS) is 15.9. The molecule has 3 heterocycles. The molecule has 8 heteroatoms. The average Bonchev–Trinajstić information content (AvgIpc) is 3.04. The minimum absolute atomic E-state index is 0.291. The molecule has 2 aromatic heterocycles. The van der Waals surface area contributed by atoms with Gasteiger partial charge < -0.3 is 9.64 Å². The molecule has 21 heavy (non-hydrogen) atoms. The predicted octanol–water partition coefficient (Wildman–Crippen LogP) is 1.78. The number of nitrogens with one attached hydrogen (secondary N) is 1. The summed E-state index contributed by atoms with van der Waals surface area (Å²) in [5, 5.41) is 1.73. The standard InChI is InChI=1S/C13H15N3O3S2/c17-21(18,13-2-1-9-20-13)15-11-3-4-12(14-10-11)16-5-7-19-8-6-16/h1-4,9-10,15H,5-8H2. The largest absolute Gasteiger partial charge is 0.378 e. The van der Waals surface area contributed by atoms with Gasteiger partial charge in [-0.3, -0.25) is 4.72 Å². The van der Waals surface area contributed by atoms with E-state index in [1.807, 2.05) is 6.07 Å². The number of nitrogens with zero attached hydrogens (tertiary/aromatic N) is 2. The number of ether oxygens (including phenoxy) is 1. The third-order valence-corrected chi connectivity index (χ3v) is 5.87. The van der Waals surface area contributed by atoms with Crippen LogP contribution in [0.4, 0.5) is 11.5 Å². The van der Waals surface area contributed by atoms with Gasteiger partial charge in [-0.05, 0) is 23.6 Å². The molecule has 0 atom stereocenters. The maximum atomic E-state index is 12.1. The van der Waals surface area contributed by atoms with Crippen LogP contribution in [0.2, 0.25) is 0 Å². The highest BCUT2D eigenvalue weighted by molar-refractivity contribution is 7.94. The Morgan fingerprint density at radius 2 is 2.05 bits per heavy atom. The first-order valence-corrected chi connectivity index (χ1v) is 8.86. The third-order valence-electron chi connectivity index (χ3n) is 3.10. The van der Waals surface area contributed by atoms with E-state index in [9.17, 15) is 8.42 Å². The van der Waals surface area contributed by atoms with Gasteiger partial charge in [0.05, 0.1) is 25.1 Å². The van der Waals surface area contributed by atoms with E-state index in [0.29, 0.717) is 23.1 Å². The lowest BCUT2D eigenvalue weighted by Gasteiger charge is -2.27. The highest BCUT2D eigenvalue weighted by atomic mass is 32.2. The second-order valence-corrected chi connectivity index (χ2v) is 7.40. The van der Waals surface area contributed by atoms with E-state index in [0.717, 1.165) is 18.9 Å².